The van der Waals surface area contributed by atoms with E-state index < -0.39 is 0 Å². The first-order valence-corrected chi connectivity index (χ1v) is 8.57. The molecule has 1 saturated carbocycles. The van der Waals surface area contributed by atoms with E-state index in [4.69, 9.17) is 4.42 Å². The van der Waals surface area contributed by atoms with E-state index in [2.05, 4.69) is 20.4 Å². The van der Waals surface area contributed by atoms with E-state index in [9.17, 15) is 4.79 Å². The SMILES string of the molecule is O=C1CN(Cc2nnc(-c3cccs3)o2)[C@@H]2CCCC[C@H]2N1. The summed E-state index contributed by atoms with van der Waals surface area (Å²) in [6, 6.07) is 4.59. The predicted octanol–water partition coefficient (Wildman–Crippen LogP) is 2.04. The summed E-state index contributed by atoms with van der Waals surface area (Å²) in [5.74, 6) is 1.25. The fraction of sp³-hybridized carbons (Fsp3) is 0.533. The van der Waals surface area contributed by atoms with Gasteiger partial charge in [0.15, 0.2) is 0 Å². The Morgan fingerprint density at radius 3 is 3.14 bits per heavy atom. The first-order chi connectivity index (χ1) is 10.8. The molecule has 0 unspecified atom stereocenters. The molecule has 2 fully saturated rings. The van der Waals surface area contributed by atoms with Crippen LogP contribution in [0.2, 0.25) is 0 Å². The number of nitrogens with zero attached hydrogens (tertiary/aromatic N) is 3. The number of carbonyl (C=O) groups excluding carboxylic acids is 1. The second-order valence-electron chi connectivity index (χ2n) is 5.91. The Kier molecular flexibility index (Phi) is 3.67. The first kappa shape index (κ1) is 13.9. The van der Waals surface area contributed by atoms with E-state index in [1.165, 1.54) is 12.8 Å². The highest BCUT2D eigenvalue weighted by molar-refractivity contribution is 7.13. The predicted molar refractivity (Wildman–Crippen MR) is 82.2 cm³/mol. The molecule has 3 heterocycles. The van der Waals surface area contributed by atoms with Crippen molar-refractivity contribution in [2.45, 2.75) is 44.3 Å². The second kappa shape index (κ2) is 5.81. The van der Waals surface area contributed by atoms with Crippen molar-refractivity contribution in [3.8, 4) is 10.8 Å². The molecular formula is C15H18N4O2S. The number of piperazine rings is 1. The first-order valence-electron chi connectivity index (χ1n) is 7.69. The maximum atomic E-state index is 11.9. The van der Waals surface area contributed by atoms with Crippen molar-refractivity contribution >= 4 is 17.2 Å². The maximum absolute atomic E-state index is 11.9. The molecule has 0 bridgehead atoms. The molecule has 22 heavy (non-hydrogen) atoms. The summed E-state index contributed by atoms with van der Waals surface area (Å²) in [5.41, 5.74) is 0. The van der Waals surface area contributed by atoms with Crippen molar-refractivity contribution in [2.75, 3.05) is 6.54 Å². The molecule has 1 aliphatic heterocycles. The third-order valence-electron chi connectivity index (χ3n) is 4.43. The standard InChI is InChI=1S/C15H18N4O2S/c20-13-8-19(11-5-2-1-4-10(11)16-13)9-14-17-18-15(21-14)12-6-3-7-22-12/h3,6-7,10-11H,1-2,4-5,8-9H2,(H,16,20)/t10-,11-/m1/s1. The molecule has 0 spiro atoms. The lowest BCUT2D eigenvalue weighted by atomic mass is 9.87. The van der Waals surface area contributed by atoms with Crippen molar-refractivity contribution in [2.24, 2.45) is 0 Å². The Morgan fingerprint density at radius 1 is 1.36 bits per heavy atom. The van der Waals surface area contributed by atoms with Gasteiger partial charge in [0.25, 0.3) is 5.89 Å². The Morgan fingerprint density at radius 2 is 2.27 bits per heavy atom. The van der Waals surface area contributed by atoms with E-state index in [-0.39, 0.29) is 11.9 Å². The van der Waals surface area contributed by atoms with Gasteiger partial charge in [0.1, 0.15) is 0 Å². The molecule has 7 heteroatoms. The van der Waals surface area contributed by atoms with Crippen LogP contribution in [0.15, 0.2) is 21.9 Å². The fourth-order valence-electron chi connectivity index (χ4n) is 3.44. The summed E-state index contributed by atoms with van der Waals surface area (Å²) >= 11 is 1.58. The molecule has 2 aromatic rings. The van der Waals surface area contributed by atoms with Crippen molar-refractivity contribution in [1.82, 2.24) is 20.4 Å². The number of amides is 1. The number of hydrogen-bond acceptors (Lipinski definition) is 6. The summed E-state index contributed by atoms with van der Waals surface area (Å²) < 4.78 is 5.76. The zero-order valence-corrected chi connectivity index (χ0v) is 13.0. The van der Waals surface area contributed by atoms with E-state index in [1.807, 2.05) is 17.5 Å². The zero-order chi connectivity index (χ0) is 14.9. The third-order valence-corrected chi connectivity index (χ3v) is 5.29. The number of nitrogens with one attached hydrogen (secondary N) is 1. The normalized spacial score (nSPS) is 25.7. The topological polar surface area (TPSA) is 71.3 Å². The highest BCUT2D eigenvalue weighted by atomic mass is 32.1. The molecule has 2 atom stereocenters. The van der Waals surface area contributed by atoms with Gasteiger partial charge in [0.05, 0.1) is 18.0 Å². The van der Waals surface area contributed by atoms with E-state index >= 15 is 0 Å². The molecule has 0 aromatic carbocycles. The summed E-state index contributed by atoms with van der Waals surface area (Å²) in [7, 11) is 0. The number of carbonyl (C=O) groups is 1. The molecular weight excluding hydrogens is 300 g/mol. The summed E-state index contributed by atoms with van der Waals surface area (Å²) in [6.45, 7) is 0.963. The molecule has 2 aliphatic rings. The fourth-order valence-corrected chi connectivity index (χ4v) is 4.08. The van der Waals surface area contributed by atoms with Crippen LogP contribution in [-0.4, -0.2) is 39.6 Å². The van der Waals surface area contributed by atoms with Gasteiger partial charge < -0.3 is 9.73 Å². The highest BCUT2D eigenvalue weighted by Gasteiger charge is 2.36. The number of rotatable bonds is 3. The summed E-state index contributed by atoms with van der Waals surface area (Å²) in [5, 5.41) is 13.4. The van der Waals surface area contributed by atoms with Crippen molar-refractivity contribution in [3.05, 3.63) is 23.4 Å². The Balaban J connectivity index is 1.51. The molecule has 2 aromatic heterocycles. The maximum Gasteiger partial charge on any atom is 0.257 e. The summed E-state index contributed by atoms with van der Waals surface area (Å²) in [4.78, 5) is 15.1. The minimum Gasteiger partial charge on any atom is -0.419 e. The summed E-state index contributed by atoms with van der Waals surface area (Å²) in [6.07, 6.45) is 4.60. The minimum absolute atomic E-state index is 0.0983. The van der Waals surface area contributed by atoms with Crippen LogP contribution < -0.4 is 5.32 Å². The molecule has 1 amide bonds. The van der Waals surface area contributed by atoms with Gasteiger partial charge in [-0.3, -0.25) is 9.69 Å². The van der Waals surface area contributed by atoms with Crippen molar-refractivity contribution in [1.29, 1.82) is 0 Å². The average Bonchev–Trinajstić information content (AvgIpc) is 3.17. The monoisotopic (exact) mass is 318 g/mol. The number of fused-ring (bicyclic) bond motifs is 1. The lowest BCUT2D eigenvalue weighted by Gasteiger charge is -2.43. The van der Waals surface area contributed by atoms with Gasteiger partial charge in [-0.05, 0) is 24.3 Å². The molecule has 1 aliphatic carbocycles. The molecule has 4 rings (SSSR count). The van der Waals surface area contributed by atoms with Crippen LogP contribution in [0.25, 0.3) is 10.8 Å². The van der Waals surface area contributed by atoms with Gasteiger partial charge >= 0.3 is 0 Å². The van der Waals surface area contributed by atoms with E-state index in [1.54, 1.807) is 11.3 Å². The van der Waals surface area contributed by atoms with Gasteiger partial charge in [-0.15, -0.1) is 21.5 Å². The molecule has 1 saturated heterocycles. The molecule has 0 radical (unpaired) electrons. The number of thiophene rings is 1. The number of hydrogen-bond donors (Lipinski definition) is 1. The Bertz CT molecular complexity index is 654. The van der Waals surface area contributed by atoms with Gasteiger partial charge in [0.2, 0.25) is 11.8 Å². The van der Waals surface area contributed by atoms with Crippen LogP contribution >= 0.6 is 11.3 Å². The Hall–Kier alpha value is -1.73. The van der Waals surface area contributed by atoms with Crippen LogP contribution in [0.1, 0.15) is 31.6 Å². The van der Waals surface area contributed by atoms with E-state index in [0.29, 0.717) is 30.9 Å². The second-order valence-corrected chi connectivity index (χ2v) is 6.86. The van der Waals surface area contributed by atoms with Crippen molar-refractivity contribution < 1.29 is 9.21 Å². The molecule has 116 valence electrons. The van der Waals surface area contributed by atoms with Crippen LogP contribution in [-0.2, 0) is 11.3 Å². The third kappa shape index (κ3) is 2.66. The quantitative estimate of drug-likeness (QED) is 0.938. The van der Waals surface area contributed by atoms with Crippen LogP contribution in [0.3, 0.4) is 0 Å². The lowest BCUT2D eigenvalue weighted by molar-refractivity contribution is -0.128. The molecule has 6 nitrogen and oxygen atoms in total. The smallest absolute Gasteiger partial charge is 0.257 e. The zero-order valence-electron chi connectivity index (χ0n) is 12.2. The lowest BCUT2D eigenvalue weighted by Crippen LogP contribution is -2.61. The van der Waals surface area contributed by atoms with Crippen molar-refractivity contribution in [3.63, 3.8) is 0 Å². The minimum atomic E-state index is 0.0983. The largest absolute Gasteiger partial charge is 0.419 e. The molecule has 1 N–H and O–H groups in total. The van der Waals surface area contributed by atoms with Crippen LogP contribution in [0, 0.1) is 0 Å². The van der Waals surface area contributed by atoms with Gasteiger partial charge in [-0.1, -0.05) is 18.9 Å². The van der Waals surface area contributed by atoms with E-state index in [0.717, 1.165) is 17.7 Å². The van der Waals surface area contributed by atoms with Crippen LogP contribution in [0.5, 0.6) is 0 Å². The van der Waals surface area contributed by atoms with Gasteiger partial charge in [0, 0.05) is 12.1 Å². The number of aromatic nitrogens is 2. The van der Waals surface area contributed by atoms with Crippen LogP contribution in [0.4, 0.5) is 0 Å². The van der Waals surface area contributed by atoms with Gasteiger partial charge in [-0.25, -0.2) is 0 Å². The highest BCUT2D eigenvalue weighted by Crippen LogP contribution is 2.28. The van der Waals surface area contributed by atoms with Gasteiger partial charge in [-0.2, -0.15) is 0 Å². The average molecular weight is 318 g/mol. The Labute approximate surface area is 132 Å².